The molecule has 4 heteroatoms. The van der Waals surface area contributed by atoms with Gasteiger partial charge in [-0.15, -0.1) is 0 Å². The van der Waals surface area contributed by atoms with E-state index < -0.39 is 0 Å². The molecule has 0 radical (unpaired) electrons. The molecule has 1 aromatic carbocycles. The number of rotatable bonds is 9. The Balaban J connectivity index is 2.15. The Hall–Kier alpha value is -1.10. The van der Waals surface area contributed by atoms with Crippen LogP contribution in [0.25, 0.3) is 0 Å². The average Bonchev–Trinajstić information content (AvgIpc) is 3.29. The molecule has 0 saturated heterocycles. The lowest BCUT2D eigenvalue weighted by molar-refractivity contribution is 0.138. The molecule has 0 bridgehead atoms. The predicted molar refractivity (Wildman–Crippen MR) is 85.5 cm³/mol. The molecule has 1 aromatic rings. The van der Waals surface area contributed by atoms with Gasteiger partial charge in [-0.25, -0.2) is 0 Å². The van der Waals surface area contributed by atoms with Crippen molar-refractivity contribution in [2.45, 2.75) is 45.3 Å². The van der Waals surface area contributed by atoms with E-state index in [2.05, 4.69) is 23.1 Å². The summed E-state index contributed by atoms with van der Waals surface area (Å²) in [7, 11) is 1.76. The largest absolute Gasteiger partial charge is 0.494 e. The van der Waals surface area contributed by atoms with Crippen LogP contribution in [0, 0.1) is 0 Å². The van der Waals surface area contributed by atoms with Crippen molar-refractivity contribution in [2.75, 3.05) is 26.9 Å². The zero-order valence-electron chi connectivity index (χ0n) is 13.5. The molecule has 2 N–H and O–H groups in total. The third-order valence-electron chi connectivity index (χ3n) is 3.93. The molecular formula is C17H28N2O2. The van der Waals surface area contributed by atoms with Crippen LogP contribution in [-0.4, -0.2) is 37.8 Å². The fraction of sp³-hybridized carbons (Fsp3) is 0.647. The summed E-state index contributed by atoms with van der Waals surface area (Å²) in [5.41, 5.74) is 8.41. The molecule has 118 valence electrons. The van der Waals surface area contributed by atoms with Crippen LogP contribution < -0.4 is 10.5 Å². The monoisotopic (exact) mass is 292 g/mol. The minimum Gasteiger partial charge on any atom is -0.494 e. The van der Waals surface area contributed by atoms with Crippen LogP contribution in [0.5, 0.6) is 5.75 Å². The Kier molecular flexibility index (Phi) is 6.03. The normalized spacial score (nSPS) is 16.2. The molecule has 1 atom stereocenters. The molecule has 0 spiro atoms. The van der Waals surface area contributed by atoms with E-state index in [9.17, 15) is 0 Å². The molecule has 0 aliphatic heterocycles. The first-order valence-electron chi connectivity index (χ1n) is 7.89. The second-order valence-electron chi connectivity index (χ2n) is 5.78. The summed E-state index contributed by atoms with van der Waals surface area (Å²) >= 11 is 0. The summed E-state index contributed by atoms with van der Waals surface area (Å²) in [6, 6.07) is 7.06. The first-order valence-corrected chi connectivity index (χ1v) is 7.89. The van der Waals surface area contributed by atoms with Crippen LogP contribution in [0.4, 0.5) is 0 Å². The highest BCUT2D eigenvalue weighted by molar-refractivity contribution is 5.38. The van der Waals surface area contributed by atoms with Crippen LogP contribution in [0.15, 0.2) is 18.2 Å². The van der Waals surface area contributed by atoms with Gasteiger partial charge < -0.3 is 15.2 Å². The van der Waals surface area contributed by atoms with Gasteiger partial charge in [-0.05, 0) is 44.4 Å². The van der Waals surface area contributed by atoms with Crippen molar-refractivity contribution in [1.82, 2.24) is 4.90 Å². The lowest BCUT2D eigenvalue weighted by Crippen LogP contribution is -2.29. The molecule has 1 fully saturated rings. The molecule has 1 aliphatic rings. The van der Waals surface area contributed by atoms with E-state index in [0.717, 1.165) is 31.0 Å². The summed E-state index contributed by atoms with van der Waals surface area (Å²) in [5, 5.41) is 0. The third-order valence-corrected chi connectivity index (χ3v) is 3.93. The van der Waals surface area contributed by atoms with Crippen molar-refractivity contribution in [1.29, 1.82) is 0 Å². The maximum Gasteiger partial charge on any atom is 0.123 e. The zero-order valence-corrected chi connectivity index (χ0v) is 13.5. The van der Waals surface area contributed by atoms with E-state index in [1.807, 2.05) is 13.8 Å². The number of hydrogen-bond acceptors (Lipinski definition) is 4. The van der Waals surface area contributed by atoms with Crippen molar-refractivity contribution < 1.29 is 9.47 Å². The van der Waals surface area contributed by atoms with Gasteiger partial charge >= 0.3 is 0 Å². The molecule has 2 rings (SSSR count). The summed E-state index contributed by atoms with van der Waals surface area (Å²) in [6.07, 6.45) is 2.58. The molecule has 21 heavy (non-hydrogen) atoms. The molecule has 0 heterocycles. The molecule has 1 saturated carbocycles. The number of ether oxygens (including phenoxy) is 2. The van der Waals surface area contributed by atoms with E-state index in [1.54, 1.807) is 7.11 Å². The lowest BCUT2D eigenvalue weighted by atomic mass is 10.0. The van der Waals surface area contributed by atoms with Gasteiger partial charge in [0.2, 0.25) is 0 Å². The van der Waals surface area contributed by atoms with E-state index in [0.29, 0.717) is 12.6 Å². The second kappa shape index (κ2) is 7.78. The summed E-state index contributed by atoms with van der Waals surface area (Å²) in [4.78, 5) is 2.49. The number of benzene rings is 1. The molecule has 1 unspecified atom stereocenters. The highest BCUT2D eigenvalue weighted by Gasteiger charge is 2.29. The number of nitrogens with two attached hydrogens (primary N) is 1. The number of hydrogen-bond donors (Lipinski definition) is 1. The summed E-state index contributed by atoms with van der Waals surface area (Å²) in [6.45, 7) is 7.37. The van der Waals surface area contributed by atoms with Gasteiger partial charge in [0, 0.05) is 37.8 Å². The Morgan fingerprint density at radius 2 is 2.14 bits per heavy atom. The van der Waals surface area contributed by atoms with Crippen molar-refractivity contribution in [3.05, 3.63) is 29.3 Å². The second-order valence-corrected chi connectivity index (χ2v) is 5.78. The topological polar surface area (TPSA) is 47.7 Å². The molecule has 0 amide bonds. The van der Waals surface area contributed by atoms with Crippen molar-refractivity contribution in [3.63, 3.8) is 0 Å². The zero-order chi connectivity index (χ0) is 15.2. The van der Waals surface area contributed by atoms with Gasteiger partial charge in [-0.2, -0.15) is 0 Å². The van der Waals surface area contributed by atoms with Crippen LogP contribution in [0.1, 0.15) is 43.9 Å². The molecule has 0 aromatic heterocycles. The van der Waals surface area contributed by atoms with Crippen molar-refractivity contribution >= 4 is 0 Å². The van der Waals surface area contributed by atoms with E-state index in [-0.39, 0.29) is 6.04 Å². The van der Waals surface area contributed by atoms with Crippen LogP contribution in [0.2, 0.25) is 0 Å². The van der Waals surface area contributed by atoms with Crippen LogP contribution >= 0.6 is 0 Å². The molecular weight excluding hydrogens is 264 g/mol. The van der Waals surface area contributed by atoms with Gasteiger partial charge in [0.15, 0.2) is 0 Å². The van der Waals surface area contributed by atoms with Gasteiger partial charge in [0.05, 0.1) is 13.2 Å². The third kappa shape index (κ3) is 4.70. The van der Waals surface area contributed by atoms with E-state index in [4.69, 9.17) is 15.2 Å². The lowest BCUT2D eigenvalue weighted by Gasteiger charge is -2.23. The van der Waals surface area contributed by atoms with Gasteiger partial charge in [-0.3, -0.25) is 4.90 Å². The fourth-order valence-corrected chi connectivity index (χ4v) is 2.56. The fourth-order valence-electron chi connectivity index (χ4n) is 2.56. The maximum absolute atomic E-state index is 6.02. The quantitative estimate of drug-likeness (QED) is 0.760. The van der Waals surface area contributed by atoms with Crippen LogP contribution in [-0.2, 0) is 11.3 Å². The Labute approximate surface area is 128 Å². The average molecular weight is 292 g/mol. The van der Waals surface area contributed by atoms with E-state index >= 15 is 0 Å². The predicted octanol–water partition coefficient (Wildman–Crippen LogP) is 2.72. The number of methoxy groups -OCH3 is 1. The minimum absolute atomic E-state index is 0.0489. The van der Waals surface area contributed by atoms with Crippen molar-refractivity contribution in [3.8, 4) is 5.75 Å². The highest BCUT2D eigenvalue weighted by Crippen LogP contribution is 2.31. The molecule has 4 nitrogen and oxygen atoms in total. The maximum atomic E-state index is 6.02. The van der Waals surface area contributed by atoms with Gasteiger partial charge in [0.25, 0.3) is 0 Å². The molecule has 1 aliphatic carbocycles. The van der Waals surface area contributed by atoms with E-state index in [1.165, 1.54) is 18.4 Å². The van der Waals surface area contributed by atoms with Crippen LogP contribution in [0.3, 0.4) is 0 Å². The highest BCUT2D eigenvalue weighted by atomic mass is 16.5. The first-order chi connectivity index (χ1) is 10.2. The number of nitrogens with zero attached hydrogens (tertiary/aromatic N) is 1. The van der Waals surface area contributed by atoms with Crippen molar-refractivity contribution in [2.24, 2.45) is 5.73 Å². The van der Waals surface area contributed by atoms with Gasteiger partial charge in [0.1, 0.15) is 5.75 Å². The minimum atomic E-state index is 0.0489. The van der Waals surface area contributed by atoms with Gasteiger partial charge in [-0.1, -0.05) is 6.07 Å². The smallest absolute Gasteiger partial charge is 0.123 e. The summed E-state index contributed by atoms with van der Waals surface area (Å²) in [5.74, 6) is 0.977. The Morgan fingerprint density at radius 3 is 2.71 bits per heavy atom. The first kappa shape index (κ1) is 16.3. The standard InChI is InChI=1S/C17H28N2O2/c1-4-21-17-8-5-14(13(2)18)11-15(17)12-19(9-10-20-3)16-6-7-16/h5,8,11,13,16H,4,6-7,9-10,12,18H2,1-3H3. The SMILES string of the molecule is CCOc1ccc(C(C)N)cc1CN(CCOC)C1CC1. The Bertz CT molecular complexity index is 444. The summed E-state index contributed by atoms with van der Waals surface area (Å²) < 4.78 is 11.0. The Morgan fingerprint density at radius 1 is 1.38 bits per heavy atom.